The summed E-state index contributed by atoms with van der Waals surface area (Å²) in [6, 6.07) is 6.61. The van der Waals surface area contributed by atoms with Crippen LogP contribution in [0.1, 0.15) is 13.3 Å². The lowest BCUT2D eigenvalue weighted by atomic mass is 10.1. The van der Waals surface area contributed by atoms with Crippen LogP contribution in [0, 0.1) is 0 Å². The summed E-state index contributed by atoms with van der Waals surface area (Å²) >= 11 is 0. The minimum Gasteiger partial charge on any atom is -0.493 e. The molecule has 0 unspecified atom stereocenters. The zero-order chi connectivity index (χ0) is 16.7. The van der Waals surface area contributed by atoms with E-state index in [0.29, 0.717) is 24.6 Å². The predicted octanol–water partition coefficient (Wildman–Crippen LogP) is 1.37. The van der Waals surface area contributed by atoms with E-state index in [4.69, 9.17) is 9.47 Å². The number of morpholine rings is 1. The first-order chi connectivity index (χ1) is 11.1. The smallest absolute Gasteiger partial charge is 0.308 e. The Kier molecular flexibility index (Phi) is 8.53. The summed E-state index contributed by atoms with van der Waals surface area (Å²) in [5.74, 6) is 0.182. The van der Waals surface area contributed by atoms with Gasteiger partial charge in [-0.05, 0) is 31.2 Å². The molecule has 0 aromatic heterocycles. The maximum Gasteiger partial charge on any atom is 0.308 e. The summed E-state index contributed by atoms with van der Waals surface area (Å²) in [6.07, 6.45) is 0.0323. The third kappa shape index (κ3) is 5.99. The van der Waals surface area contributed by atoms with E-state index in [-0.39, 0.29) is 49.5 Å². The van der Waals surface area contributed by atoms with E-state index in [2.05, 4.69) is 15.4 Å². The molecule has 2 N–H and O–H groups in total. The number of nitrogens with one attached hydrogen (secondary N) is 2. The first kappa shape index (κ1) is 20.2. The lowest BCUT2D eigenvalue weighted by Gasteiger charge is -2.29. The van der Waals surface area contributed by atoms with Gasteiger partial charge in [0, 0.05) is 12.2 Å². The normalized spacial score (nSPS) is 19.8. The van der Waals surface area contributed by atoms with Crippen LogP contribution < -0.4 is 15.4 Å². The molecule has 8 heteroatoms. The Morgan fingerprint density at radius 2 is 2.04 bits per heavy atom. The van der Waals surface area contributed by atoms with Crippen LogP contribution in [0.25, 0.3) is 0 Å². The van der Waals surface area contributed by atoms with E-state index in [1.807, 2.05) is 6.92 Å². The number of carbonyl (C=O) groups is 2. The SMILES string of the molecule is COC(=O)CCOc1ccc(NC(=O)[C@H]2NCCO[C@@H]2C)cc1.Cl. The maximum atomic E-state index is 12.2. The van der Waals surface area contributed by atoms with Gasteiger partial charge in [0.2, 0.25) is 5.91 Å². The average molecular weight is 359 g/mol. The highest BCUT2D eigenvalue weighted by Crippen LogP contribution is 2.17. The van der Waals surface area contributed by atoms with Crippen LogP contribution >= 0.6 is 12.4 Å². The zero-order valence-corrected chi connectivity index (χ0v) is 14.6. The fraction of sp³-hybridized carbons (Fsp3) is 0.500. The Bertz CT molecular complexity index is 538. The lowest BCUT2D eigenvalue weighted by molar-refractivity contribution is -0.141. The van der Waals surface area contributed by atoms with Crippen molar-refractivity contribution in [3.05, 3.63) is 24.3 Å². The Balaban J connectivity index is 0.00000288. The Labute approximate surface area is 147 Å². The number of halogens is 1. The molecule has 134 valence electrons. The fourth-order valence-electron chi connectivity index (χ4n) is 2.24. The van der Waals surface area contributed by atoms with E-state index in [1.165, 1.54) is 7.11 Å². The van der Waals surface area contributed by atoms with E-state index in [1.54, 1.807) is 24.3 Å². The van der Waals surface area contributed by atoms with E-state index < -0.39 is 0 Å². The number of benzene rings is 1. The van der Waals surface area contributed by atoms with Crippen molar-refractivity contribution in [2.24, 2.45) is 0 Å². The second-order valence-electron chi connectivity index (χ2n) is 5.20. The van der Waals surface area contributed by atoms with Gasteiger partial charge in [-0.2, -0.15) is 0 Å². The number of amides is 1. The summed E-state index contributed by atoms with van der Waals surface area (Å²) in [4.78, 5) is 23.2. The van der Waals surface area contributed by atoms with Crippen LogP contribution in [0.4, 0.5) is 5.69 Å². The van der Waals surface area contributed by atoms with Crippen molar-refractivity contribution in [3.8, 4) is 5.75 Å². The largest absolute Gasteiger partial charge is 0.493 e. The summed E-state index contributed by atoms with van der Waals surface area (Å²) in [6.45, 7) is 3.39. The number of ether oxygens (including phenoxy) is 3. The van der Waals surface area contributed by atoms with E-state index in [0.717, 1.165) is 0 Å². The molecule has 1 aromatic carbocycles. The number of hydrogen-bond acceptors (Lipinski definition) is 6. The van der Waals surface area contributed by atoms with Gasteiger partial charge in [-0.1, -0.05) is 0 Å². The molecule has 0 aliphatic carbocycles. The van der Waals surface area contributed by atoms with Gasteiger partial charge in [-0.3, -0.25) is 9.59 Å². The number of anilines is 1. The van der Waals surface area contributed by atoms with Crippen LogP contribution in [0.15, 0.2) is 24.3 Å². The average Bonchev–Trinajstić information content (AvgIpc) is 2.56. The van der Waals surface area contributed by atoms with Gasteiger partial charge >= 0.3 is 5.97 Å². The molecule has 0 saturated carbocycles. The molecular weight excluding hydrogens is 336 g/mol. The number of methoxy groups -OCH3 is 1. The van der Waals surface area contributed by atoms with Crippen molar-refractivity contribution < 1.29 is 23.8 Å². The zero-order valence-electron chi connectivity index (χ0n) is 13.7. The lowest BCUT2D eigenvalue weighted by Crippen LogP contribution is -2.53. The Morgan fingerprint density at radius 1 is 1.33 bits per heavy atom. The highest BCUT2D eigenvalue weighted by molar-refractivity contribution is 5.95. The van der Waals surface area contributed by atoms with Crippen LogP contribution in [0.2, 0.25) is 0 Å². The summed E-state index contributed by atoms with van der Waals surface area (Å²) in [7, 11) is 1.34. The molecule has 1 aliphatic rings. The maximum absolute atomic E-state index is 12.2. The minimum absolute atomic E-state index is 0. The fourth-order valence-corrected chi connectivity index (χ4v) is 2.24. The Morgan fingerprint density at radius 3 is 2.67 bits per heavy atom. The topological polar surface area (TPSA) is 85.9 Å². The quantitative estimate of drug-likeness (QED) is 0.747. The van der Waals surface area contributed by atoms with Crippen molar-refractivity contribution >= 4 is 30.0 Å². The molecule has 1 aliphatic heterocycles. The molecular formula is C16H23ClN2O5. The van der Waals surface area contributed by atoms with Gasteiger partial charge in [-0.15, -0.1) is 12.4 Å². The Hall–Kier alpha value is -1.83. The van der Waals surface area contributed by atoms with Gasteiger partial charge in [0.05, 0.1) is 32.8 Å². The standard InChI is InChI=1S/C16H22N2O5.ClH/c1-11-15(17-8-10-22-11)16(20)18-12-3-5-13(6-4-12)23-9-7-14(19)21-2;/h3-6,11,15,17H,7-10H2,1-2H3,(H,18,20);1H/t11-,15+;/m1./s1. The predicted molar refractivity (Wildman–Crippen MR) is 91.7 cm³/mol. The molecule has 0 spiro atoms. The highest BCUT2D eigenvalue weighted by Gasteiger charge is 2.28. The summed E-state index contributed by atoms with van der Waals surface area (Å²) < 4.78 is 15.4. The third-order valence-electron chi connectivity index (χ3n) is 3.52. The van der Waals surface area contributed by atoms with Crippen molar-refractivity contribution in [1.29, 1.82) is 0 Å². The van der Waals surface area contributed by atoms with Crippen molar-refractivity contribution in [1.82, 2.24) is 5.32 Å². The summed E-state index contributed by atoms with van der Waals surface area (Å²) in [5.41, 5.74) is 0.676. The number of hydrogen-bond donors (Lipinski definition) is 2. The molecule has 0 bridgehead atoms. The third-order valence-corrected chi connectivity index (χ3v) is 3.52. The molecule has 1 amide bonds. The van der Waals surface area contributed by atoms with Crippen molar-refractivity contribution in [2.45, 2.75) is 25.5 Å². The molecule has 7 nitrogen and oxygen atoms in total. The molecule has 1 heterocycles. The summed E-state index contributed by atoms with van der Waals surface area (Å²) in [5, 5.41) is 5.98. The van der Waals surface area contributed by atoms with Crippen molar-refractivity contribution in [3.63, 3.8) is 0 Å². The van der Waals surface area contributed by atoms with Gasteiger partial charge < -0.3 is 24.8 Å². The molecule has 1 aromatic rings. The highest BCUT2D eigenvalue weighted by atomic mass is 35.5. The second kappa shape index (κ2) is 10.1. The molecule has 1 fully saturated rings. The monoisotopic (exact) mass is 358 g/mol. The van der Waals surface area contributed by atoms with Crippen LogP contribution in [0.3, 0.4) is 0 Å². The van der Waals surface area contributed by atoms with Crippen LogP contribution in [-0.2, 0) is 19.1 Å². The van der Waals surface area contributed by atoms with Gasteiger partial charge in [0.25, 0.3) is 0 Å². The second-order valence-corrected chi connectivity index (χ2v) is 5.20. The first-order valence-corrected chi connectivity index (χ1v) is 7.55. The molecule has 24 heavy (non-hydrogen) atoms. The van der Waals surface area contributed by atoms with E-state index >= 15 is 0 Å². The minimum atomic E-state index is -0.361. The molecule has 0 radical (unpaired) electrons. The van der Waals surface area contributed by atoms with Gasteiger partial charge in [0.1, 0.15) is 11.8 Å². The van der Waals surface area contributed by atoms with Crippen LogP contribution in [0.5, 0.6) is 5.75 Å². The van der Waals surface area contributed by atoms with E-state index in [9.17, 15) is 9.59 Å². The number of carbonyl (C=O) groups excluding carboxylic acids is 2. The molecule has 2 atom stereocenters. The number of esters is 1. The van der Waals surface area contributed by atoms with Gasteiger partial charge in [-0.25, -0.2) is 0 Å². The van der Waals surface area contributed by atoms with Gasteiger partial charge in [0.15, 0.2) is 0 Å². The molecule has 1 saturated heterocycles. The first-order valence-electron chi connectivity index (χ1n) is 7.55. The van der Waals surface area contributed by atoms with Crippen molar-refractivity contribution in [2.75, 3.05) is 32.2 Å². The number of rotatable bonds is 6. The van der Waals surface area contributed by atoms with Crippen LogP contribution in [-0.4, -0.2) is 50.9 Å². The molecule has 2 rings (SSSR count).